The molecule has 2 aliphatic rings. The minimum Gasteiger partial charge on any atom is -0.380 e. The second kappa shape index (κ2) is 5.57. The fraction of sp³-hybridized carbons (Fsp3) is 0.929. The van der Waals surface area contributed by atoms with Gasteiger partial charge in [-0.25, -0.2) is 0 Å². The molecule has 2 saturated heterocycles. The summed E-state index contributed by atoms with van der Waals surface area (Å²) in [7, 11) is 0. The van der Waals surface area contributed by atoms with Gasteiger partial charge in [-0.15, -0.1) is 0 Å². The Kier molecular flexibility index (Phi) is 4.28. The molecule has 104 valence electrons. The maximum Gasteiger partial charge on any atom is 0.227 e. The molecular formula is C14H26N2O2. The van der Waals surface area contributed by atoms with Gasteiger partial charge in [-0.1, -0.05) is 20.8 Å². The molecule has 18 heavy (non-hydrogen) atoms. The second-order valence-corrected chi connectivity index (χ2v) is 6.54. The van der Waals surface area contributed by atoms with E-state index in [4.69, 9.17) is 4.74 Å². The van der Waals surface area contributed by atoms with E-state index in [1.165, 1.54) is 0 Å². The van der Waals surface area contributed by atoms with Crippen LogP contribution in [0.3, 0.4) is 0 Å². The molecule has 2 heterocycles. The van der Waals surface area contributed by atoms with Crippen molar-refractivity contribution in [3.63, 3.8) is 0 Å². The quantitative estimate of drug-likeness (QED) is 0.810. The molecule has 0 spiro atoms. The third-order valence-electron chi connectivity index (χ3n) is 3.82. The molecule has 4 heteroatoms. The molecule has 0 aliphatic carbocycles. The molecule has 0 aromatic heterocycles. The number of amides is 1. The highest BCUT2D eigenvalue weighted by Crippen LogP contribution is 2.21. The highest BCUT2D eigenvalue weighted by Gasteiger charge is 2.31. The van der Waals surface area contributed by atoms with Crippen molar-refractivity contribution in [1.82, 2.24) is 10.2 Å². The monoisotopic (exact) mass is 254 g/mol. The fourth-order valence-electron chi connectivity index (χ4n) is 2.72. The predicted octanol–water partition coefficient (Wildman–Crippen LogP) is 1.40. The minimum absolute atomic E-state index is 0.250. The van der Waals surface area contributed by atoms with Crippen LogP contribution in [0.2, 0.25) is 0 Å². The smallest absolute Gasteiger partial charge is 0.227 e. The summed E-state index contributed by atoms with van der Waals surface area (Å²) in [6.07, 6.45) is 3.26. The number of hydrogen-bond acceptors (Lipinski definition) is 3. The summed E-state index contributed by atoms with van der Waals surface area (Å²) in [6.45, 7) is 9.50. The van der Waals surface area contributed by atoms with Crippen molar-refractivity contribution in [3.05, 3.63) is 0 Å². The van der Waals surface area contributed by atoms with Crippen molar-refractivity contribution in [2.75, 3.05) is 26.3 Å². The summed E-state index contributed by atoms with van der Waals surface area (Å²) in [5.41, 5.74) is -0.250. The van der Waals surface area contributed by atoms with Gasteiger partial charge < -0.3 is 15.0 Å². The number of carbonyl (C=O) groups excluding carboxylic acids is 1. The summed E-state index contributed by atoms with van der Waals surface area (Å²) in [4.78, 5) is 14.2. The lowest BCUT2D eigenvalue weighted by atomic mass is 9.93. The molecule has 0 aromatic carbocycles. The topological polar surface area (TPSA) is 41.6 Å². The molecule has 2 fully saturated rings. The van der Waals surface area contributed by atoms with E-state index >= 15 is 0 Å². The van der Waals surface area contributed by atoms with Gasteiger partial charge in [0.15, 0.2) is 0 Å². The SMILES string of the molecule is CC(C)(C)C(=O)N1CCC(NC2CCOC2)CC1. The summed E-state index contributed by atoms with van der Waals surface area (Å²) in [6, 6.07) is 1.08. The molecule has 2 aliphatic heterocycles. The van der Waals surface area contributed by atoms with Crippen molar-refractivity contribution >= 4 is 5.91 Å². The average molecular weight is 254 g/mol. The molecule has 0 bridgehead atoms. The van der Waals surface area contributed by atoms with E-state index in [0.717, 1.165) is 45.6 Å². The van der Waals surface area contributed by atoms with Gasteiger partial charge in [0.1, 0.15) is 0 Å². The Hall–Kier alpha value is -0.610. The minimum atomic E-state index is -0.250. The first-order chi connectivity index (χ1) is 8.47. The number of nitrogens with zero attached hydrogens (tertiary/aromatic N) is 1. The molecule has 1 N–H and O–H groups in total. The van der Waals surface area contributed by atoms with Crippen molar-refractivity contribution in [3.8, 4) is 0 Å². The highest BCUT2D eigenvalue weighted by molar-refractivity contribution is 5.81. The zero-order valence-corrected chi connectivity index (χ0v) is 11.9. The fourth-order valence-corrected chi connectivity index (χ4v) is 2.72. The maximum absolute atomic E-state index is 12.2. The van der Waals surface area contributed by atoms with Crippen LogP contribution in [0.1, 0.15) is 40.0 Å². The van der Waals surface area contributed by atoms with Gasteiger partial charge in [0.2, 0.25) is 5.91 Å². The van der Waals surface area contributed by atoms with Gasteiger partial charge in [0, 0.05) is 37.2 Å². The van der Waals surface area contributed by atoms with Crippen LogP contribution in [-0.2, 0) is 9.53 Å². The molecule has 0 saturated carbocycles. The first-order valence-corrected chi connectivity index (χ1v) is 7.10. The van der Waals surface area contributed by atoms with Gasteiger partial charge in [-0.2, -0.15) is 0 Å². The van der Waals surface area contributed by atoms with E-state index < -0.39 is 0 Å². The first kappa shape index (κ1) is 13.8. The van der Waals surface area contributed by atoms with Gasteiger partial charge in [0.05, 0.1) is 6.61 Å². The summed E-state index contributed by atoms with van der Waals surface area (Å²) >= 11 is 0. The summed E-state index contributed by atoms with van der Waals surface area (Å²) < 4.78 is 5.38. The van der Waals surface area contributed by atoms with Crippen LogP contribution in [0.4, 0.5) is 0 Å². The van der Waals surface area contributed by atoms with Crippen molar-refractivity contribution < 1.29 is 9.53 Å². The van der Waals surface area contributed by atoms with Crippen LogP contribution >= 0.6 is 0 Å². The van der Waals surface area contributed by atoms with Gasteiger partial charge in [0.25, 0.3) is 0 Å². The average Bonchev–Trinajstić information content (AvgIpc) is 2.81. The normalized spacial score (nSPS) is 26.6. The highest BCUT2D eigenvalue weighted by atomic mass is 16.5. The molecule has 2 rings (SSSR count). The van der Waals surface area contributed by atoms with E-state index in [9.17, 15) is 4.79 Å². The third-order valence-corrected chi connectivity index (χ3v) is 3.82. The Balaban J connectivity index is 1.75. The van der Waals surface area contributed by atoms with Gasteiger partial charge in [-0.05, 0) is 19.3 Å². The number of rotatable bonds is 2. The van der Waals surface area contributed by atoms with Crippen molar-refractivity contribution in [1.29, 1.82) is 0 Å². The lowest BCUT2D eigenvalue weighted by molar-refractivity contribution is -0.140. The number of hydrogen-bond donors (Lipinski definition) is 1. The van der Waals surface area contributed by atoms with E-state index in [1.54, 1.807) is 0 Å². The molecular weight excluding hydrogens is 228 g/mol. The van der Waals surface area contributed by atoms with Crippen LogP contribution in [0.25, 0.3) is 0 Å². The summed E-state index contributed by atoms with van der Waals surface area (Å²) in [5.74, 6) is 0.283. The van der Waals surface area contributed by atoms with Crippen LogP contribution in [0.5, 0.6) is 0 Å². The summed E-state index contributed by atoms with van der Waals surface area (Å²) in [5, 5.41) is 3.65. The van der Waals surface area contributed by atoms with Gasteiger partial charge >= 0.3 is 0 Å². The van der Waals surface area contributed by atoms with E-state index in [2.05, 4.69) is 5.32 Å². The standard InChI is InChI=1S/C14H26N2O2/c1-14(2,3)13(17)16-7-4-11(5-8-16)15-12-6-9-18-10-12/h11-12,15H,4-10H2,1-3H3. The largest absolute Gasteiger partial charge is 0.380 e. The molecule has 1 amide bonds. The number of piperidine rings is 1. The first-order valence-electron chi connectivity index (χ1n) is 7.10. The number of likely N-dealkylation sites (tertiary alicyclic amines) is 1. The van der Waals surface area contributed by atoms with Crippen molar-refractivity contribution in [2.24, 2.45) is 5.41 Å². The molecule has 0 radical (unpaired) electrons. The van der Waals surface area contributed by atoms with E-state index in [0.29, 0.717) is 12.1 Å². The Morgan fingerprint density at radius 3 is 2.33 bits per heavy atom. The number of ether oxygens (including phenoxy) is 1. The molecule has 1 atom stereocenters. The van der Waals surface area contributed by atoms with Gasteiger partial charge in [-0.3, -0.25) is 4.79 Å². The lowest BCUT2D eigenvalue weighted by Gasteiger charge is -2.36. The number of carbonyl (C=O) groups is 1. The molecule has 0 aromatic rings. The Labute approximate surface area is 110 Å². The zero-order valence-electron chi connectivity index (χ0n) is 11.9. The Morgan fingerprint density at radius 2 is 1.83 bits per heavy atom. The van der Waals surface area contributed by atoms with Crippen LogP contribution < -0.4 is 5.32 Å². The Bertz CT molecular complexity index is 285. The second-order valence-electron chi connectivity index (χ2n) is 6.54. The Morgan fingerprint density at radius 1 is 1.17 bits per heavy atom. The van der Waals surface area contributed by atoms with Crippen LogP contribution in [0, 0.1) is 5.41 Å². The molecule has 4 nitrogen and oxygen atoms in total. The molecule has 1 unspecified atom stereocenters. The number of nitrogens with one attached hydrogen (secondary N) is 1. The maximum atomic E-state index is 12.2. The van der Waals surface area contributed by atoms with E-state index in [-0.39, 0.29) is 11.3 Å². The van der Waals surface area contributed by atoms with E-state index in [1.807, 2.05) is 25.7 Å². The van der Waals surface area contributed by atoms with Crippen LogP contribution in [-0.4, -0.2) is 49.2 Å². The van der Waals surface area contributed by atoms with Crippen LogP contribution in [0.15, 0.2) is 0 Å². The predicted molar refractivity (Wildman–Crippen MR) is 71.4 cm³/mol. The lowest BCUT2D eigenvalue weighted by Crippen LogP contribution is -2.50. The zero-order chi connectivity index (χ0) is 13.2. The van der Waals surface area contributed by atoms with Crippen molar-refractivity contribution in [2.45, 2.75) is 52.1 Å². The third kappa shape index (κ3) is 3.45.